The summed E-state index contributed by atoms with van der Waals surface area (Å²) in [5, 5.41) is 0. The topological polar surface area (TPSA) is 69.1 Å². The molecule has 4 N–H and O–H groups in total. The van der Waals surface area contributed by atoms with Crippen molar-refractivity contribution in [3.8, 4) is 0 Å². The number of amides is 1. The Morgan fingerprint density at radius 3 is 2.45 bits per heavy atom. The molecule has 1 amide bonds. The van der Waals surface area contributed by atoms with Crippen LogP contribution in [0.15, 0.2) is 18.2 Å². The number of primary amides is 1. The summed E-state index contributed by atoms with van der Waals surface area (Å²) in [4.78, 5) is 10.8. The van der Waals surface area contributed by atoms with Gasteiger partial charge in [0.15, 0.2) is 0 Å². The number of hydrogen-bond acceptors (Lipinski definition) is 2. The van der Waals surface area contributed by atoms with Gasteiger partial charge in [0.2, 0.25) is 0 Å². The SMILES string of the molecule is NC(=O)c1c(N)cccc1I. The van der Waals surface area contributed by atoms with Gasteiger partial charge >= 0.3 is 0 Å². The summed E-state index contributed by atoms with van der Waals surface area (Å²) in [6.45, 7) is 0. The van der Waals surface area contributed by atoms with Gasteiger partial charge in [-0.05, 0) is 34.7 Å². The summed E-state index contributed by atoms with van der Waals surface area (Å²) in [6, 6.07) is 5.23. The second-order valence-corrected chi connectivity index (χ2v) is 3.23. The molecule has 0 saturated heterocycles. The van der Waals surface area contributed by atoms with E-state index < -0.39 is 5.91 Å². The van der Waals surface area contributed by atoms with Crippen molar-refractivity contribution >= 4 is 34.2 Å². The molecular formula is C7H7IN2O. The van der Waals surface area contributed by atoms with E-state index in [1.54, 1.807) is 18.2 Å². The molecule has 0 saturated carbocycles. The highest BCUT2D eigenvalue weighted by atomic mass is 127. The van der Waals surface area contributed by atoms with Crippen LogP contribution in [0.2, 0.25) is 0 Å². The lowest BCUT2D eigenvalue weighted by Crippen LogP contribution is -2.15. The number of carbonyl (C=O) groups is 1. The van der Waals surface area contributed by atoms with Gasteiger partial charge < -0.3 is 11.5 Å². The molecule has 0 aromatic heterocycles. The summed E-state index contributed by atoms with van der Waals surface area (Å²) < 4.78 is 0.787. The molecule has 58 valence electrons. The molecule has 1 rings (SSSR count). The fourth-order valence-corrected chi connectivity index (χ4v) is 1.59. The highest BCUT2D eigenvalue weighted by Gasteiger charge is 2.08. The summed E-state index contributed by atoms with van der Waals surface area (Å²) in [5.74, 6) is -0.479. The Balaban J connectivity index is 3.32. The lowest BCUT2D eigenvalue weighted by molar-refractivity contribution is 0.100. The molecule has 4 heteroatoms. The molecule has 0 spiro atoms. The van der Waals surface area contributed by atoms with Crippen molar-refractivity contribution in [2.75, 3.05) is 5.73 Å². The van der Waals surface area contributed by atoms with E-state index in [9.17, 15) is 4.79 Å². The first-order valence-electron chi connectivity index (χ1n) is 2.96. The first-order chi connectivity index (χ1) is 5.13. The van der Waals surface area contributed by atoms with Crippen LogP contribution in [0.5, 0.6) is 0 Å². The molecule has 0 bridgehead atoms. The fraction of sp³-hybridized carbons (Fsp3) is 0. The molecule has 1 aromatic rings. The van der Waals surface area contributed by atoms with E-state index in [0.29, 0.717) is 11.3 Å². The molecule has 0 aliphatic heterocycles. The molecule has 0 unspecified atom stereocenters. The van der Waals surface area contributed by atoms with Crippen LogP contribution < -0.4 is 11.5 Å². The largest absolute Gasteiger partial charge is 0.398 e. The minimum atomic E-state index is -0.479. The van der Waals surface area contributed by atoms with Gasteiger partial charge in [-0.25, -0.2) is 0 Å². The van der Waals surface area contributed by atoms with Crippen LogP contribution >= 0.6 is 22.6 Å². The van der Waals surface area contributed by atoms with E-state index in [2.05, 4.69) is 0 Å². The molecule has 11 heavy (non-hydrogen) atoms. The Morgan fingerprint density at radius 1 is 1.45 bits per heavy atom. The molecule has 0 fully saturated rings. The van der Waals surface area contributed by atoms with Crippen molar-refractivity contribution in [3.63, 3.8) is 0 Å². The third kappa shape index (κ3) is 1.62. The van der Waals surface area contributed by atoms with Crippen molar-refractivity contribution in [2.45, 2.75) is 0 Å². The van der Waals surface area contributed by atoms with E-state index in [-0.39, 0.29) is 0 Å². The van der Waals surface area contributed by atoms with Crippen molar-refractivity contribution in [2.24, 2.45) is 5.73 Å². The third-order valence-electron chi connectivity index (χ3n) is 1.29. The smallest absolute Gasteiger partial charge is 0.251 e. The molecular weight excluding hydrogens is 255 g/mol. The maximum atomic E-state index is 10.8. The highest BCUT2D eigenvalue weighted by Crippen LogP contribution is 2.17. The quantitative estimate of drug-likeness (QED) is 0.585. The average Bonchev–Trinajstić information content (AvgIpc) is 1.85. The number of carbonyl (C=O) groups excluding carboxylic acids is 1. The average molecular weight is 262 g/mol. The van der Waals surface area contributed by atoms with E-state index >= 15 is 0 Å². The Labute approximate surface area is 77.9 Å². The maximum absolute atomic E-state index is 10.8. The van der Waals surface area contributed by atoms with Crippen molar-refractivity contribution < 1.29 is 4.79 Å². The Hall–Kier alpha value is -0.780. The maximum Gasteiger partial charge on any atom is 0.251 e. The summed E-state index contributed by atoms with van der Waals surface area (Å²) >= 11 is 2.02. The molecule has 0 radical (unpaired) electrons. The van der Waals surface area contributed by atoms with Gasteiger partial charge in [-0.3, -0.25) is 4.79 Å². The molecule has 0 aliphatic carbocycles. The Morgan fingerprint density at radius 2 is 2.09 bits per heavy atom. The van der Waals surface area contributed by atoms with Gasteiger partial charge in [0.05, 0.1) is 5.56 Å². The van der Waals surface area contributed by atoms with Crippen LogP contribution in [0, 0.1) is 3.57 Å². The van der Waals surface area contributed by atoms with Crippen molar-refractivity contribution in [3.05, 3.63) is 27.3 Å². The standard InChI is InChI=1S/C7H7IN2O/c8-4-2-1-3-5(9)6(4)7(10)11/h1-3H,9H2,(H2,10,11). The van der Waals surface area contributed by atoms with E-state index in [1.165, 1.54) is 0 Å². The Bertz CT molecular complexity index is 278. The first-order valence-corrected chi connectivity index (χ1v) is 4.04. The number of nitrogens with two attached hydrogens (primary N) is 2. The van der Waals surface area contributed by atoms with Gasteiger partial charge in [-0.15, -0.1) is 0 Å². The predicted molar refractivity (Wildman–Crippen MR) is 52.1 cm³/mol. The van der Waals surface area contributed by atoms with Crippen LogP contribution in [-0.4, -0.2) is 5.91 Å². The summed E-state index contributed by atoms with van der Waals surface area (Å²) in [6.07, 6.45) is 0. The van der Waals surface area contributed by atoms with Gasteiger partial charge in [0.25, 0.3) is 5.91 Å². The number of hydrogen-bond donors (Lipinski definition) is 2. The second-order valence-electron chi connectivity index (χ2n) is 2.07. The number of halogens is 1. The molecule has 1 aromatic carbocycles. The summed E-state index contributed by atoms with van der Waals surface area (Å²) in [7, 11) is 0. The van der Waals surface area contributed by atoms with E-state index in [0.717, 1.165) is 3.57 Å². The second kappa shape index (κ2) is 3.08. The van der Waals surface area contributed by atoms with E-state index in [1.807, 2.05) is 22.6 Å². The zero-order valence-electron chi connectivity index (χ0n) is 5.67. The highest BCUT2D eigenvalue weighted by molar-refractivity contribution is 14.1. The number of anilines is 1. The van der Waals surface area contributed by atoms with Gasteiger partial charge in [-0.2, -0.15) is 0 Å². The minimum Gasteiger partial charge on any atom is -0.398 e. The van der Waals surface area contributed by atoms with Crippen LogP contribution in [-0.2, 0) is 0 Å². The van der Waals surface area contributed by atoms with Crippen LogP contribution in [0.25, 0.3) is 0 Å². The van der Waals surface area contributed by atoms with Crippen LogP contribution in [0.4, 0.5) is 5.69 Å². The molecule has 0 heterocycles. The molecule has 0 atom stereocenters. The first kappa shape index (κ1) is 8.32. The summed E-state index contributed by atoms with van der Waals surface area (Å²) in [5.41, 5.74) is 11.5. The normalized spacial score (nSPS) is 9.55. The molecule has 3 nitrogen and oxygen atoms in total. The minimum absolute atomic E-state index is 0.410. The lowest BCUT2D eigenvalue weighted by atomic mass is 10.2. The van der Waals surface area contributed by atoms with Gasteiger partial charge in [0, 0.05) is 9.26 Å². The van der Waals surface area contributed by atoms with Crippen LogP contribution in [0.3, 0.4) is 0 Å². The van der Waals surface area contributed by atoms with Crippen LogP contribution in [0.1, 0.15) is 10.4 Å². The number of nitrogen functional groups attached to an aromatic ring is 1. The van der Waals surface area contributed by atoms with Crippen molar-refractivity contribution in [1.82, 2.24) is 0 Å². The zero-order chi connectivity index (χ0) is 8.43. The Kier molecular flexibility index (Phi) is 2.33. The predicted octanol–water partition coefficient (Wildman–Crippen LogP) is 0.972. The third-order valence-corrected chi connectivity index (χ3v) is 2.19. The van der Waals surface area contributed by atoms with E-state index in [4.69, 9.17) is 11.5 Å². The number of rotatable bonds is 1. The van der Waals surface area contributed by atoms with Gasteiger partial charge in [0.1, 0.15) is 0 Å². The van der Waals surface area contributed by atoms with Gasteiger partial charge in [-0.1, -0.05) is 6.07 Å². The molecule has 0 aliphatic rings. The lowest BCUT2D eigenvalue weighted by Gasteiger charge is -2.02. The zero-order valence-corrected chi connectivity index (χ0v) is 7.83. The fourth-order valence-electron chi connectivity index (χ4n) is 0.801. The monoisotopic (exact) mass is 262 g/mol. The number of benzene rings is 1. The van der Waals surface area contributed by atoms with Crippen molar-refractivity contribution in [1.29, 1.82) is 0 Å².